The van der Waals surface area contributed by atoms with Crippen molar-refractivity contribution in [1.82, 2.24) is 9.80 Å². The van der Waals surface area contributed by atoms with Gasteiger partial charge in [-0.15, -0.1) is 0 Å². The van der Waals surface area contributed by atoms with E-state index in [9.17, 15) is 14.0 Å². The molecule has 1 heterocycles. The van der Waals surface area contributed by atoms with Crippen molar-refractivity contribution in [1.29, 1.82) is 0 Å². The number of carbonyl (C=O) groups excluding carboxylic acids is 2. The number of piperazine rings is 1. The molecular formula is C21H24FN3O3. The van der Waals surface area contributed by atoms with Gasteiger partial charge in [0, 0.05) is 31.9 Å². The molecule has 0 radical (unpaired) electrons. The highest BCUT2D eigenvalue weighted by Crippen LogP contribution is 2.12. The molecule has 0 unspecified atom stereocenters. The van der Waals surface area contributed by atoms with Crippen molar-refractivity contribution in [2.75, 3.05) is 44.6 Å². The van der Waals surface area contributed by atoms with Crippen LogP contribution in [0.4, 0.5) is 10.1 Å². The maximum absolute atomic E-state index is 12.9. The number of para-hydroxylation sites is 1. The Morgan fingerprint density at radius 1 is 0.964 bits per heavy atom. The van der Waals surface area contributed by atoms with Crippen LogP contribution in [0.3, 0.4) is 0 Å². The molecule has 148 valence electrons. The highest BCUT2D eigenvalue weighted by molar-refractivity contribution is 5.92. The average Bonchev–Trinajstić information content (AvgIpc) is 2.70. The Kier molecular flexibility index (Phi) is 6.97. The molecule has 1 saturated heterocycles. The summed E-state index contributed by atoms with van der Waals surface area (Å²) in [6.45, 7) is 3.07. The summed E-state index contributed by atoms with van der Waals surface area (Å²) in [7, 11) is 0. The van der Waals surface area contributed by atoms with E-state index >= 15 is 0 Å². The monoisotopic (exact) mass is 385 g/mol. The first-order chi connectivity index (χ1) is 13.6. The molecular weight excluding hydrogens is 361 g/mol. The van der Waals surface area contributed by atoms with Gasteiger partial charge in [-0.2, -0.15) is 0 Å². The number of rotatable bonds is 7. The molecule has 0 aromatic heterocycles. The van der Waals surface area contributed by atoms with Crippen LogP contribution in [-0.2, 0) is 9.59 Å². The van der Waals surface area contributed by atoms with Crippen LogP contribution in [0.15, 0.2) is 54.6 Å². The van der Waals surface area contributed by atoms with E-state index in [2.05, 4.69) is 5.32 Å². The molecule has 0 atom stereocenters. The van der Waals surface area contributed by atoms with Gasteiger partial charge in [0.25, 0.3) is 0 Å². The van der Waals surface area contributed by atoms with Crippen LogP contribution in [0, 0.1) is 5.82 Å². The van der Waals surface area contributed by atoms with Crippen molar-refractivity contribution >= 4 is 17.5 Å². The van der Waals surface area contributed by atoms with E-state index in [1.54, 1.807) is 17.0 Å². The molecule has 6 nitrogen and oxygen atoms in total. The van der Waals surface area contributed by atoms with E-state index < -0.39 is 0 Å². The summed E-state index contributed by atoms with van der Waals surface area (Å²) < 4.78 is 18.3. The molecule has 1 aliphatic heterocycles. The summed E-state index contributed by atoms with van der Waals surface area (Å²) in [5, 5.41) is 2.87. The van der Waals surface area contributed by atoms with E-state index in [0.717, 1.165) is 5.69 Å². The number of nitrogens with one attached hydrogen (secondary N) is 1. The molecule has 0 saturated carbocycles. The Bertz CT molecular complexity index is 775. The number of amides is 2. The third-order valence-corrected chi connectivity index (χ3v) is 4.55. The summed E-state index contributed by atoms with van der Waals surface area (Å²) in [6, 6.07) is 15.1. The maximum atomic E-state index is 12.9. The minimum atomic E-state index is -0.321. The van der Waals surface area contributed by atoms with E-state index in [0.29, 0.717) is 38.5 Å². The van der Waals surface area contributed by atoms with Crippen LogP contribution in [0.1, 0.15) is 6.42 Å². The van der Waals surface area contributed by atoms with Gasteiger partial charge in [0.05, 0.1) is 19.6 Å². The molecule has 2 amide bonds. The van der Waals surface area contributed by atoms with Crippen molar-refractivity contribution in [2.45, 2.75) is 6.42 Å². The first-order valence-electron chi connectivity index (χ1n) is 9.33. The predicted octanol–water partition coefficient (Wildman–Crippen LogP) is 2.38. The fourth-order valence-electron chi connectivity index (χ4n) is 3.03. The van der Waals surface area contributed by atoms with Crippen LogP contribution in [0.5, 0.6) is 5.75 Å². The van der Waals surface area contributed by atoms with Crippen LogP contribution in [-0.4, -0.2) is 60.9 Å². The summed E-state index contributed by atoms with van der Waals surface area (Å²) in [5.74, 6) is 0.191. The van der Waals surface area contributed by atoms with E-state index in [1.165, 1.54) is 12.1 Å². The van der Waals surface area contributed by atoms with Gasteiger partial charge in [-0.3, -0.25) is 14.5 Å². The van der Waals surface area contributed by atoms with Crippen molar-refractivity contribution in [3.05, 3.63) is 60.4 Å². The highest BCUT2D eigenvalue weighted by atomic mass is 19.1. The quantitative estimate of drug-likeness (QED) is 0.795. The second-order valence-corrected chi connectivity index (χ2v) is 6.62. The number of hydrogen-bond donors (Lipinski definition) is 1. The molecule has 28 heavy (non-hydrogen) atoms. The number of nitrogens with zero attached hydrogens (tertiary/aromatic N) is 2. The largest absolute Gasteiger partial charge is 0.493 e. The van der Waals surface area contributed by atoms with Gasteiger partial charge >= 0.3 is 0 Å². The number of hydrogen-bond acceptors (Lipinski definition) is 4. The molecule has 2 aromatic carbocycles. The zero-order valence-corrected chi connectivity index (χ0v) is 15.6. The smallest absolute Gasteiger partial charge is 0.238 e. The number of anilines is 1. The molecule has 0 bridgehead atoms. The van der Waals surface area contributed by atoms with E-state index in [4.69, 9.17) is 4.74 Å². The summed E-state index contributed by atoms with van der Waals surface area (Å²) in [4.78, 5) is 28.3. The van der Waals surface area contributed by atoms with Crippen molar-refractivity contribution < 1.29 is 18.7 Å². The first-order valence-corrected chi connectivity index (χ1v) is 9.33. The van der Waals surface area contributed by atoms with Crippen molar-refractivity contribution in [3.8, 4) is 5.75 Å². The Balaban J connectivity index is 1.34. The van der Waals surface area contributed by atoms with Gasteiger partial charge in [0.1, 0.15) is 11.6 Å². The molecule has 0 aliphatic carbocycles. The van der Waals surface area contributed by atoms with Gasteiger partial charge in [0.2, 0.25) is 11.8 Å². The zero-order chi connectivity index (χ0) is 19.8. The third kappa shape index (κ3) is 6.06. The lowest BCUT2D eigenvalue weighted by molar-refractivity contribution is -0.133. The molecule has 0 spiro atoms. The van der Waals surface area contributed by atoms with Crippen LogP contribution < -0.4 is 10.1 Å². The van der Waals surface area contributed by atoms with Crippen LogP contribution in [0.2, 0.25) is 0 Å². The highest BCUT2D eigenvalue weighted by Gasteiger charge is 2.22. The van der Waals surface area contributed by atoms with Gasteiger partial charge in [-0.25, -0.2) is 4.39 Å². The summed E-state index contributed by atoms with van der Waals surface area (Å²) in [6.07, 6.45) is 0.270. The average molecular weight is 385 g/mol. The lowest BCUT2D eigenvalue weighted by atomic mass is 10.2. The first kappa shape index (κ1) is 19.8. The Hall–Kier alpha value is -2.93. The maximum Gasteiger partial charge on any atom is 0.238 e. The lowest BCUT2D eigenvalue weighted by Gasteiger charge is -2.34. The number of carbonyl (C=O) groups is 2. The van der Waals surface area contributed by atoms with E-state index in [1.807, 2.05) is 35.2 Å². The standard InChI is InChI=1S/C21H24FN3O3/c22-17-6-8-19(9-7-17)28-15-10-21(27)25-13-11-24(12-14-25)16-20(26)23-18-4-2-1-3-5-18/h1-9H,10-16H2,(H,23,26). The fraction of sp³-hybridized carbons (Fsp3) is 0.333. The Labute approximate surface area is 163 Å². The van der Waals surface area contributed by atoms with Gasteiger partial charge in [-0.05, 0) is 36.4 Å². The SMILES string of the molecule is O=C(CN1CCN(C(=O)CCOc2ccc(F)cc2)CC1)Nc1ccccc1. The molecule has 1 N–H and O–H groups in total. The summed E-state index contributed by atoms with van der Waals surface area (Å²) >= 11 is 0. The zero-order valence-electron chi connectivity index (χ0n) is 15.6. The minimum absolute atomic E-state index is 0.0236. The normalized spacial score (nSPS) is 14.5. The van der Waals surface area contributed by atoms with Gasteiger partial charge in [-0.1, -0.05) is 18.2 Å². The fourth-order valence-corrected chi connectivity index (χ4v) is 3.03. The predicted molar refractivity (Wildman–Crippen MR) is 105 cm³/mol. The molecule has 3 rings (SSSR count). The number of halogens is 1. The molecule has 1 fully saturated rings. The number of benzene rings is 2. The Morgan fingerprint density at radius 3 is 2.32 bits per heavy atom. The second-order valence-electron chi connectivity index (χ2n) is 6.62. The summed E-state index contributed by atoms with van der Waals surface area (Å²) in [5.41, 5.74) is 0.780. The van der Waals surface area contributed by atoms with Crippen molar-refractivity contribution in [3.63, 3.8) is 0 Å². The molecule has 1 aliphatic rings. The Morgan fingerprint density at radius 2 is 1.64 bits per heavy atom. The lowest BCUT2D eigenvalue weighted by Crippen LogP contribution is -2.50. The second kappa shape index (κ2) is 9.85. The van der Waals surface area contributed by atoms with Crippen molar-refractivity contribution in [2.24, 2.45) is 0 Å². The van der Waals surface area contributed by atoms with Crippen LogP contribution >= 0.6 is 0 Å². The molecule has 7 heteroatoms. The van der Waals surface area contributed by atoms with E-state index in [-0.39, 0.29) is 30.7 Å². The van der Waals surface area contributed by atoms with Gasteiger partial charge in [0.15, 0.2) is 0 Å². The number of ether oxygens (including phenoxy) is 1. The minimum Gasteiger partial charge on any atom is -0.493 e. The third-order valence-electron chi connectivity index (χ3n) is 4.55. The van der Waals surface area contributed by atoms with Crippen LogP contribution in [0.25, 0.3) is 0 Å². The molecule has 2 aromatic rings. The topological polar surface area (TPSA) is 61.9 Å². The van der Waals surface area contributed by atoms with Gasteiger partial charge < -0.3 is 15.0 Å².